The van der Waals surface area contributed by atoms with Crippen LogP contribution in [0.25, 0.3) is 0 Å². The highest BCUT2D eigenvalue weighted by Gasteiger charge is 2.30. The van der Waals surface area contributed by atoms with Crippen LogP contribution in [0, 0.1) is 0 Å². The predicted molar refractivity (Wildman–Crippen MR) is 77.1 cm³/mol. The number of anilines is 1. The molecule has 1 unspecified atom stereocenters. The number of benzene rings is 1. The van der Waals surface area contributed by atoms with Gasteiger partial charge in [-0.1, -0.05) is 30.3 Å². The minimum Gasteiger partial charge on any atom is -0.368 e. The number of pyridine rings is 1. The van der Waals surface area contributed by atoms with E-state index in [1.807, 2.05) is 25.1 Å². The first kappa shape index (κ1) is 15.4. The molecule has 0 saturated heterocycles. The number of hydrogen-bond donors (Lipinski definition) is 1. The molecule has 0 saturated carbocycles. The van der Waals surface area contributed by atoms with E-state index in [9.17, 15) is 13.2 Å². The molecule has 2 aromatic rings. The van der Waals surface area contributed by atoms with Gasteiger partial charge in [0.25, 0.3) is 0 Å². The molecule has 1 N–H and O–H groups in total. The summed E-state index contributed by atoms with van der Waals surface area (Å²) in [6.45, 7) is 1.99. The first-order chi connectivity index (χ1) is 9.95. The Morgan fingerprint density at radius 2 is 1.81 bits per heavy atom. The topological polar surface area (TPSA) is 24.9 Å². The molecule has 0 aliphatic heterocycles. The minimum atomic E-state index is -4.34. The highest BCUT2D eigenvalue weighted by atomic mass is 19.4. The van der Waals surface area contributed by atoms with Crippen molar-refractivity contribution in [3.63, 3.8) is 0 Å². The Labute approximate surface area is 122 Å². The summed E-state index contributed by atoms with van der Waals surface area (Å²) in [6, 6.07) is 12.6. The molecule has 0 aliphatic rings. The van der Waals surface area contributed by atoms with Crippen LogP contribution in [-0.4, -0.2) is 11.0 Å². The zero-order valence-corrected chi connectivity index (χ0v) is 11.7. The van der Waals surface area contributed by atoms with E-state index in [0.29, 0.717) is 5.82 Å². The van der Waals surface area contributed by atoms with Gasteiger partial charge in [0.05, 0.1) is 5.56 Å². The van der Waals surface area contributed by atoms with Gasteiger partial charge < -0.3 is 5.32 Å². The van der Waals surface area contributed by atoms with Crippen LogP contribution < -0.4 is 5.32 Å². The molecule has 0 radical (unpaired) electrons. The summed E-state index contributed by atoms with van der Waals surface area (Å²) in [5.41, 5.74) is 0.511. The van der Waals surface area contributed by atoms with Gasteiger partial charge >= 0.3 is 6.18 Å². The Morgan fingerprint density at radius 3 is 2.38 bits per heavy atom. The van der Waals surface area contributed by atoms with Gasteiger partial charge in [-0.25, -0.2) is 4.98 Å². The van der Waals surface area contributed by atoms with Gasteiger partial charge in [0, 0.05) is 12.2 Å². The molecule has 1 atom stereocenters. The Hall–Kier alpha value is -2.04. The average molecular weight is 294 g/mol. The first-order valence-corrected chi connectivity index (χ1v) is 6.79. The minimum absolute atomic E-state index is 0.134. The normalized spacial score (nSPS) is 13.0. The van der Waals surface area contributed by atoms with E-state index in [0.717, 1.165) is 25.1 Å². The molecule has 21 heavy (non-hydrogen) atoms. The summed E-state index contributed by atoms with van der Waals surface area (Å²) in [7, 11) is 0. The van der Waals surface area contributed by atoms with Crippen molar-refractivity contribution in [2.45, 2.75) is 32.0 Å². The fourth-order valence-corrected chi connectivity index (χ4v) is 2.00. The van der Waals surface area contributed by atoms with Crippen LogP contribution in [0.1, 0.15) is 24.5 Å². The summed E-state index contributed by atoms with van der Waals surface area (Å²) in [5, 5.41) is 3.11. The van der Waals surface area contributed by atoms with Crippen LogP contribution in [0.3, 0.4) is 0 Å². The van der Waals surface area contributed by atoms with E-state index in [2.05, 4.69) is 22.4 Å². The molecule has 1 aromatic heterocycles. The van der Waals surface area contributed by atoms with Crippen molar-refractivity contribution in [3.8, 4) is 0 Å². The van der Waals surface area contributed by atoms with Gasteiger partial charge in [0.2, 0.25) is 0 Å². The zero-order valence-electron chi connectivity index (χ0n) is 11.7. The molecular formula is C16H17F3N2. The quantitative estimate of drug-likeness (QED) is 0.876. The molecule has 0 aliphatic carbocycles. The van der Waals surface area contributed by atoms with Crippen LogP contribution in [0.5, 0.6) is 0 Å². The lowest BCUT2D eigenvalue weighted by atomic mass is 10.1. The highest BCUT2D eigenvalue weighted by Crippen LogP contribution is 2.28. The van der Waals surface area contributed by atoms with Gasteiger partial charge in [0.1, 0.15) is 5.82 Å². The summed E-state index contributed by atoms with van der Waals surface area (Å²) >= 11 is 0. The second kappa shape index (κ2) is 6.61. The van der Waals surface area contributed by atoms with Crippen molar-refractivity contribution in [2.75, 3.05) is 5.32 Å². The summed E-state index contributed by atoms with van der Waals surface area (Å²) < 4.78 is 37.3. The fraction of sp³-hybridized carbons (Fsp3) is 0.312. The molecule has 1 aromatic carbocycles. The van der Waals surface area contributed by atoms with Crippen molar-refractivity contribution in [2.24, 2.45) is 0 Å². The van der Waals surface area contributed by atoms with E-state index in [1.165, 1.54) is 11.6 Å². The molecular weight excluding hydrogens is 277 g/mol. The van der Waals surface area contributed by atoms with Crippen LogP contribution in [0.4, 0.5) is 19.0 Å². The van der Waals surface area contributed by atoms with Gasteiger partial charge in [-0.2, -0.15) is 13.2 Å². The predicted octanol–water partition coefficient (Wildman–Crippen LogP) is 4.53. The maximum Gasteiger partial charge on any atom is 0.417 e. The van der Waals surface area contributed by atoms with Crippen molar-refractivity contribution >= 4 is 5.82 Å². The number of rotatable bonds is 5. The van der Waals surface area contributed by atoms with E-state index in [1.54, 1.807) is 0 Å². The SMILES string of the molecule is CC(CCc1ccccc1)Nc1ccc(C(F)(F)F)cn1. The molecule has 2 nitrogen and oxygen atoms in total. The van der Waals surface area contributed by atoms with Crippen LogP contribution in [0.15, 0.2) is 48.7 Å². The Kier molecular flexibility index (Phi) is 4.83. The molecule has 0 spiro atoms. The Balaban J connectivity index is 1.86. The summed E-state index contributed by atoms with van der Waals surface area (Å²) in [5.74, 6) is 0.462. The molecule has 5 heteroatoms. The number of alkyl halides is 3. The molecule has 0 amide bonds. The molecule has 0 fully saturated rings. The molecule has 112 valence electrons. The number of hydrogen-bond acceptors (Lipinski definition) is 2. The maximum absolute atomic E-state index is 12.4. The standard InChI is InChI=1S/C16H17F3N2/c1-12(7-8-13-5-3-2-4-6-13)21-15-10-9-14(11-20-15)16(17,18)19/h2-6,9-12H,7-8H2,1H3,(H,20,21). The van der Waals surface area contributed by atoms with Gasteiger partial charge in [-0.15, -0.1) is 0 Å². The third kappa shape index (κ3) is 4.77. The van der Waals surface area contributed by atoms with Gasteiger partial charge in [-0.3, -0.25) is 0 Å². The van der Waals surface area contributed by atoms with Gasteiger partial charge in [0.15, 0.2) is 0 Å². The van der Waals surface area contributed by atoms with Crippen LogP contribution >= 0.6 is 0 Å². The van der Waals surface area contributed by atoms with E-state index >= 15 is 0 Å². The molecule has 0 bridgehead atoms. The lowest BCUT2D eigenvalue weighted by molar-refractivity contribution is -0.137. The second-order valence-corrected chi connectivity index (χ2v) is 5.00. The van der Waals surface area contributed by atoms with Crippen LogP contribution in [0.2, 0.25) is 0 Å². The van der Waals surface area contributed by atoms with E-state index in [4.69, 9.17) is 0 Å². The summed E-state index contributed by atoms with van der Waals surface area (Å²) in [4.78, 5) is 3.81. The third-order valence-electron chi connectivity index (χ3n) is 3.19. The van der Waals surface area contributed by atoms with Gasteiger partial charge in [-0.05, 0) is 37.5 Å². The van der Waals surface area contributed by atoms with Crippen molar-refractivity contribution in [1.82, 2.24) is 4.98 Å². The Bertz CT molecular complexity index is 550. The summed E-state index contributed by atoms with van der Waals surface area (Å²) in [6.07, 6.45) is -1.70. The monoisotopic (exact) mass is 294 g/mol. The maximum atomic E-state index is 12.4. The number of aromatic nitrogens is 1. The third-order valence-corrected chi connectivity index (χ3v) is 3.19. The first-order valence-electron chi connectivity index (χ1n) is 6.79. The lowest BCUT2D eigenvalue weighted by Crippen LogP contribution is -2.17. The van der Waals surface area contributed by atoms with Crippen molar-refractivity contribution in [1.29, 1.82) is 0 Å². The van der Waals surface area contributed by atoms with E-state index < -0.39 is 11.7 Å². The van der Waals surface area contributed by atoms with Crippen molar-refractivity contribution in [3.05, 3.63) is 59.8 Å². The van der Waals surface area contributed by atoms with Crippen molar-refractivity contribution < 1.29 is 13.2 Å². The Morgan fingerprint density at radius 1 is 1.10 bits per heavy atom. The van der Waals surface area contributed by atoms with E-state index in [-0.39, 0.29) is 6.04 Å². The number of nitrogens with one attached hydrogen (secondary N) is 1. The zero-order chi connectivity index (χ0) is 15.3. The smallest absolute Gasteiger partial charge is 0.368 e. The molecule has 2 rings (SSSR count). The fourth-order valence-electron chi connectivity index (χ4n) is 2.00. The number of nitrogens with zero attached hydrogens (tertiary/aromatic N) is 1. The molecule has 1 heterocycles. The number of aryl methyl sites for hydroxylation is 1. The highest BCUT2D eigenvalue weighted by molar-refractivity contribution is 5.37. The average Bonchev–Trinajstić information content (AvgIpc) is 2.46. The van der Waals surface area contributed by atoms with Crippen LogP contribution in [-0.2, 0) is 12.6 Å². The largest absolute Gasteiger partial charge is 0.417 e. The second-order valence-electron chi connectivity index (χ2n) is 5.00. The lowest BCUT2D eigenvalue weighted by Gasteiger charge is -2.15. The number of halogens is 3.